The molecule has 3 aromatic rings. The summed E-state index contributed by atoms with van der Waals surface area (Å²) in [5.41, 5.74) is 3.76. The molecule has 0 bridgehead atoms. The first-order valence-corrected chi connectivity index (χ1v) is 9.37. The fourth-order valence-corrected chi connectivity index (χ4v) is 4.15. The van der Waals surface area contributed by atoms with Gasteiger partial charge < -0.3 is 4.98 Å². The molecule has 0 atom stereocenters. The Hall–Kier alpha value is -2.31. The summed E-state index contributed by atoms with van der Waals surface area (Å²) in [6.45, 7) is 4.91. The highest BCUT2D eigenvalue weighted by molar-refractivity contribution is 7.10. The number of nitrogens with zero attached hydrogens (tertiary/aromatic N) is 3. The smallest absolute Gasteiger partial charge is 0.254 e. The second-order valence-electron chi connectivity index (χ2n) is 6.36. The Morgan fingerprint density at radius 2 is 2.12 bits per heavy atom. The van der Waals surface area contributed by atoms with Crippen LogP contribution in [0.15, 0.2) is 40.6 Å². The molecule has 25 heavy (non-hydrogen) atoms. The molecular weight excluding hydrogens is 332 g/mol. The molecule has 0 radical (unpaired) electrons. The number of hydrogen-bond donors (Lipinski definition) is 1. The second-order valence-corrected chi connectivity index (χ2v) is 7.36. The van der Waals surface area contributed by atoms with Gasteiger partial charge in [-0.15, -0.1) is 11.3 Å². The third-order valence-corrected chi connectivity index (χ3v) is 5.69. The van der Waals surface area contributed by atoms with Crippen LogP contribution in [-0.4, -0.2) is 32.9 Å². The van der Waals surface area contributed by atoms with E-state index in [4.69, 9.17) is 4.98 Å². The lowest BCUT2D eigenvalue weighted by atomic mass is 10.1. The highest BCUT2D eigenvalue weighted by atomic mass is 32.1. The minimum atomic E-state index is -0.0280. The van der Waals surface area contributed by atoms with Crippen LogP contribution in [0.3, 0.4) is 0 Å². The fraction of sp³-hybridized carbons (Fsp3) is 0.316. The maximum Gasteiger partial charge on any atom is 0.254 e. The average molecular weight is 352 g/mol. The molecule has 4 rings (SSSR count). The van der Waals surface area contributed by atoms with Crippen LogP contribution in [0.2, 0.25) is 0 Å². The van der Waals surface area contributed by atoms with E-state index >= 15 is 0 Å². The van der Waals surface area contributed by atoms with Gasteiger partial charge in [-0.3, -0.25) is 14.7 Å². The first kappa shape index (κ1) is 16.2. The van der Waals surface area contributed by atoms with Crippen molar-refractivity contribution >= 4 is 11.3 Å². The largest absolute Gasteiger partial charge is 0.305 e. The van der Waals surface area contributed by atoms with Crippen molar-refractivity contribution in [1.82, 2.24) is 19.9 Å². The molecule has 0 saturated heterocycles. The molecule has 1 N–H and O–H groups in total. The summed E-state index contributed by atoms with van der Waals surface area (Å²) in [5.74, 6) is 0.562. The molecule has 1 aliphatic heterocycles. The molecule has 4 heterocycles. The second kappa shape index (κ2) is 6.90. The molecule has 0 amide bonds. The molecule has 1 aliphatic rings. The van der Waals surface area contributed by atoms with E-state index in [1.54, 1.807) is 17.5 Å². The average Bonchev–Trinajstić information content (AvgIpc) is 2.91. The van der Waals surface area contributed by atoms with Crippen LogP contribution in [0.25, 0.3) is 11.5 Å². The Labute approximate surface area is 150 Å². The van der Waals surface area contributed by atoms with E-state index in [2.05, 4.69) is 33.2 Å². The molecule has 3 aromatic heterocycles. The lowest BCUT2D eigenvalue weighted by Crippen LogP contribution is -2.26. The van der Waals surface area contributed by atoms with Crippen LogP contribution in [0.5, 0.6) is 0 Å². The van der Waals surface area contributed by atoms with Gasteiger partial charge in [-0.2, -0.15) is 0 Å². The monoisotopic (exact) mass is 352 g/mol. The van der Waals surface area contributed by atoms with Crippen molar-refractivity contribution in [3.63, 3.8) is 0 Å². The van der Waals surface area contributed by atoms with E-state index in [0.717, 1.165) is 43.7 Å². The molecule has 0 fully saturated rings. The Kier molecular flexibility index (Phi) is 4.46. The lowest BCUT2D eigenvalue weighted by Gasteiger charge is -2.19. The zero-order chi connectivity index (χ0) is 17.2. The van der Waals surface area contributed by atoms with Gasteiger partial charge in [0.25, 0.3) is 5.56 Å². The minimum Gasteiger partial charge on any atom is -0.305 e. The van der Waals surface area contributed by atoms with Gasteiger partial charge in [0.05, 0.1) is 5.69 Å². The van der Waals surface area contributed by atoms with Crippen molar-refractivity contribution in [3.05, 3.63) is 67.9 Å². The van der Waals surface area contributed by atoms with E-state index in [0.29, 0.717) is 11.5 Å². The van der Waals surface area contributed by atoms with E-state index in [1.165, 1.54) is 10.4 Å². The highest BCUT2D eigenvalue weighted by Gasteiger charge is 2.20. The van der Waals surface area contributed by atoms with Gasteiger partial charge in [-0.25, -0.2) is 4.98 Å². The van der Waals surface area contributed by atoms with Crippen molar-refractivity contribution in [1.29, 1.82) is 0 Å². The molecule has 128 valence electrons. The number of aromatic amines is 1. The zero-order valence-electron chi connectivity index (χ0n) is 14.2. The van der Waals surface area contributed by atoms with Crippen LogP contribution < -0.4 is 5.56 Å². The molecule has 0 saturated carbocycles. The summed E-state index contributed by atoms with van der Waals surface area (Å²) in [5, 5.41) is 2.14. The Morgan fingerprint density at radius 1 is 1.24 bits per heavy atom. The molecule has 0 unspecified atom stereocenters. The van der Waals surface area contributed by atoms with Gasteiger partial charge in [0.15, 0.2) is 5.82 Å². The summed E-state index contributed by atoms with van der Waals surface area (Å²) in [7, 11) is 0. The molecule has 5 nitrogen and oxygen atoms in total. The van der Waals surface area contributed by atoms with Crippen LogP contribution in [0.4, 0.5) is 0 Å². The van der Waals surface area contributed by atoms with Crippen LogP contribution >= 0.6 is 11.3 Å². The third kappa shape index (κ3) is 3.41. The van der Waals surface area contributed by atoms with E-state index < -0.39 is 0 Å². The van der Waals surface area contributed by atoms with Gasteiger partial charge in [-0.1, -0.05) is 6.07 Å². The van der Waals surface area contributed by atoms with Gasteiger partial charge in [0.2, 0.25) is 0 Å². The van der Waals surface area contributed by atoms with E-state index in [-0.39, 0.29) is 5.56 Å². The maximum atomic E-state index is 12.5. The van der Waals surface area contributed by atoms with Crippen molar-refractivity contribution < 1.29 is 0 Å². The lowest BCUT2D eigenvalue weighted by molar-refractivity contribution is 0.281. The quantitative estimate of drug-likeness (QED) is 0.787. The van der Waals surface area contributed by atoms with Crippen LogP contribution in [0.1, 0.15) is 21.7 Å². The van der Waals surface area contributed by atoms with Gasteiger partial charge in [0, 0.05) is 42.7 Å². The summed E-state index contributed by atoms with van der Waals surface area (Å²) in [6.07, 6.45) is 3.25. The minimum absolute atomic E-state index is 0.0280. The van der Waals surface area contributed by atoms with Gasteiger partial charge >= 0.3 is 0 Å². The molecule has 0 aliphatic carbocycles. The number of thiophene rings is 1. The van der Waals surface area contributed by atoms with Crippen molar-refractivity contribution in [2.24, 2.45) is 0 Å². The summed E-state index contributed by atoms with van der Waals surface area (Å²) >= 11 is 1.80. The van der Waals surface area contributed by atoms with Crippen molar-refractivity contribution in [2.75, 3.05) is 13.1 Å². The van der Waals surface area contributed by atoms with Crippen molar-refractivity contribution in [2.45, 2.75) is 26.3 Å². The van der Waals surface area contributed by atoms with Crippen LogP contribution in [-0.2, 0) is 19.4 Å². The number of H-pyrrole nitrogens is 1. The topological polar surface area (TPSA) is 61.9 Å². The number of nitrogens with one attached hydrogen (secondary N) is 1. The van der Waals surface area contributed by atoms with Gasteiger partial charge in [-0.05, 0) is 42.5 Å². The zero-order valence-corrected chi connectivity index (χ0v) is 15.0. The van der Waals surface area contributed by atoms with E-state index in [1.807, 2.05) is 18.2 Å². The Morgan fingerprint density at radius 3 is 2.88 bits per heavy atom. The molecular formula is C19H20N4OS. The molecule has 0 spiro atoms. The maximum absolute atomic E-state index is 12.5. The van der Waals surface area contributed by atoms with Crippen molar-refractivity contribution in [3.8, 4) is 11.5 Å². The molecule has 0 aromatic carbocycles. The van der Waals surface area contributed by atoms with Crippen LogP contribution in [0, 0.1) is 6.92 Å². The number of aryl methyl sites for hydroxylation is 1. The number of pyridine rings is 1. The summed E-state index contributed by atoms with van der Waals surface area (Å²) < 4.78 is 0. The Balaban J connectivity index is 1.58. The predicted molar refractivity (Wildman–Crippen MR) is 99.8 cm³/mol. The van der Waals surface area contributed by atoms with E-state index in [9.17, 15) is 4.79 Å². The summed E-state index contributed by atoms with van der Waals surface area (Å²) in [6, 6.07) is 7.79. The predicted octanol–water partition coefficient (Wildman–Crippen LogP) is 2.80. The first-order valence-electron chi connectivity index (χ1n) is 8.49. The molecule has 6 heteroatoms. The third-order valence-electron chi connectivity index (χ3n) is 4.69. The number of hydrogen-bond acceptors (Lipinski definition) is 5. The SMILES string of the molecule is Cc1ccsc1CN1CCc2nc(-c3ccccn3)[nH]c(=O)c2CC1. The van der Waals surface area contributed by atoms with Gasteiger partial charge in [0.1, 0.15) is 5.69 Å². The summed E-state index contributed by atoms with van der Waals surface area (Å²) in [4.78, 5) is 28.3. The standard InChI is InChI=1S/C19H20N4OS/c1-13-7-11-25-17(13)12-23-9-5-14-15(6-10-23)21-18(22-19(14)24)16-4-2-3-8-20-16/h2-4,7-8,11H,5-6,9-10,12H2,1H3,(H,21,22,24). The Bertz CT molecular complexity index is 932. The fourth-order valence-electron chi connectivity index (χ4n) is 3.21. The highest BCUT2D eigenvalue weighted by Crippen LogP contribution is 2.20. The number of aromatic nitrogens is 3. The normalized spacial score (nSPS) is 14.9. The number of rotatable bonds is 3. The number of fused-ring (bicyclic) bond motifs is 1. The first-order chi connectivity index (χ1) is 12.2.